The van der Waals surface area contributed by atoms with Gasteiger partial charge in [0.1, 0.15) is 0 Å². The average molecular weight is 394 g/mol. The van der Waals surface area contributed by atoms with Crippen LogP contribution in [0, 0.1) is 28.7 Å². The first-order valence-corrected chi connectivity index (χ1v) is 9.96. The Morgan fingerprint density at radius 2 is 0.962 bits per heavy atom. The molecule has 0 atom stereocenters. The molecule has 0 saturated carbocycles. The van der Waals surface area contributed by atoms with Crippen LogP contribution < -0.4 is 0 Å². The largest absolute Gasteiger partial charge is 4.00 e. The van der Waals surface area contributed by atoms with E-state index in [1.54, 1.807) is 0 Å². The van der Waals surface area contributed by atoms with Gasteiger partial charge in [-0.15, -0.1) is 81.2 Å². The Kier molecular flexibility index (Phi) is 14.2. The van der Waals surface area contributed by atoms with Crippen molar-refractivity contribution in [1.29, 1.82) is 0 Å². The SMILES string of the molecule is C[Si]C.Cc1cc2ccccc2[cH-]1.Cc1cc2ccccc2[cH-]1.[CH3-].[CH3-].[Ti+4]. The molecule has 0 amide bonds. The summed E-state index contributed by atoms with van der Waals surface area (Å²) in [4.78, 5) is 0. The third-order valence-corrected chi connectivity index (χ3v) is 3.52. The second kappa shape index (κ2) is 13.7. The summed E-state index contributed by atoms with van der Waals surface area (Å²) in [5.41, 5.74) is 2.70. The summed E-state index contributed by atoms with van der Waals surface area (Å²) in [6.07, 6.45) is 0. The van der Waals surface area contributed by atoms with Gasteiger partial charge in [0, 0.05) is 9.52 Å². The third-order valence-electron chi connectivity index (χ3n) is 3.52. The third kappa shape index (κ3) is 7.87. The van der Waals surface area contributed by atoms with E-state index in [2.05, 4.69) is 99.7 Å². The van der Waals surface area contributed by atoms with Crippen molar-refractivity contribution in [3.63, 3.8) is 0 Å². The Bertz CT molecular complexity index is 717. The van der Waals surface area contributed by atoms with Gasteiger partial charge in [-0.25, -0.2) is 0 Å². The summed E-state index contributed by atoms with van der Waals surface area (Å²) in [5.74, 6) is 0. The van der Waals surface area contributed by atoms with Crippen molar-refractivity contribution in [2.24, 2.45) is 0 Å². The fourth-order valence-corrected chi connectivity index (χ4v) is 2.61. The van der Waals surface area contributed by atoms with Crippen LogP contribution in [-0.4, -0.2) is 9.52 Å². The molecule has 0 N–H and O–H groups in total. The maximum Gasteiger partial charge on any atom is 4.00 e. The molecule has 2 heteroatoms. The fourth-order valence-electron chi connectivity index (χ4n) is 2.61. The smallest absolute Gasteiger partial charge is 0.358 e. The minimum absolute atomic E-state index is 0. The predicted octanol–water partition coefficient (Wildman–Crippen LogP) is 7.42. The Morgan fingerprint density at radius 1 is 0.654 bits per heavy atom. The van der Waals surface area contributed by atoms with Gasteiger partial charge in [-0.1, -0.05) is 39.1 Å². The van der Waals surface area contributed by atoms with Gasteiger partial charge < -0.3 is 14.9 Å². The van der Waals surface area contributed by atoms with E-state index in [0.29, 0.717) is 0 Å². The van der Waals surface area contributed by atoms with E-state index in [1.807, 2.05) is 0 Å². The maximum absolute atomic E-state index is 2.20. The van der Waals surface area contributed by atoms with Crippen LogP contribution in [0.5, 0.6) is 0 Å². The molecule has 4 rings (SSSR count). The molecule has 0 saturated heterocycles. The molecule has 0 spiro atoms. The van der Waals surface area contributed by atoms with E-state index in [1.165, 1.54) is 32.7 Å². The molecular weight excluding hydrogens is 364 g/mol. The minimum atomic E-state index is 0. The quantitative estimate of drug-likeness (QED) is 0.215. The number of hydrogen-bond donors (Lipinski definition) is 0. The summed E-state index contributed by atoms with van der Waals surface area (Å²) in [5, 5.41) is 5.39. The molecule has 4 aromatic rings. The average Bonchev–Trinajstić information content (AvgIpc) is 3.08. The second-order valence-electron chi connectivity index (χ2n) is 5.82. The molecule has 0 heterocycles. The number of aryl methyl sites for hydroxylation is 2. The first-order chi connectivity index (χ1) is 11.1. The zero-order valence-corrected chi connectivity index (χ0v) is 19.5. The summed E-state index contributed by atoms with van der Waals surface area (Å²) < 4.78 is 0. The monoisotopic (exact) mass is 394 g/mol. The van der Waals surface area contributed by atoms with Crippen LogP contribution in [0.1, 0.15) is 11.1 Å². The van der Waals surface area contributed by atoms with Crippen molar-refractivity contribution in [1.82, 2.24) is 0 Å². The van der Waals surface area contributed by atoms with Gasteiger partial charge in [0.25, 0.3) is 0 Å². The Morgan fingerprint density at radius 3 is 1.27 bits per heavy atom. The Labute approximate surface area is 178 Å². The second-order valence-corrected chi connectivity index (χ2v) is 6.82. The van der Waals surface area contributed by atoms with Gasteiger partial charge in [-0.3, -0.25) is 0 Å². The van der Waals surface area contributed by atoms with Gasteiger partial charge in [-0.2, -0.15) is 12.1 Å². The van der Waals surface area contributed by atoms with Crippen molar-refractivity contribution in [3.8, 4) is 0 Å². The molecule has 26 heavy (non-hydrogen) atoms. The van der Waals surface area contributed by atoms with E-state index in [9.17, 15) is 0 Å². The van der Waals surface area contributed by atoms with Gasteiger partial charge in [0.2, 0.25) is 0 Å². The number of benzene rings is 2. The van der Waals surface area contributed by atoms with E-state index >= 15 is 0 Å². The first kappa shape index (κ1) is 26.8. The van der Waals surface area contributed by atoms with Crippen LogP contribution in [0.15, 0.2) is 72.8 Å². The van der Waals surface area contributed by atoms with Crippen molar-refractivity contribution in [3.05, 3.63) is 98.8 Å². The van der Waals surface area contributed by atoms with Crippen LogP contribution in [0.25, 0.3) is 21.5 Å². The Hall–Kier alpha value is -1.41. The molecule has 0 aliphatic heterocycles. The van der Waals surface area contributed by atoms with Gasteiger partial charge in [0.05, 0.1) is 0 Å². The van der Waals surface area contributed by atoms with Crippen LogP contribution in [0.3, 0.4) is 0 Å². The van der Waals surface area contributed by atoms with E-state index in [0.717, 1.165) is 9.52 Å². The Balaban J connectivity index is 0. The van der Waals surface area contributed by atoms with Crippen LogP contribution in [-0.2, 0) is 21.7 Å². The summed E-state index contributed by atoms with van der Waals surface area (Å²) in [7, 11) is 1.08. The van der Waals surface area contributed by atoms with Crippen LogP contribution in [0.4, 0.5) is 0 Å². The molecule has 0 bridgehead atoms. The van der Waals surface area contributed by atoms with Gasteiger partial charge in [-0.05, 0) is 0 Å². The van der Waals surface area contributed by atoms with Gasteiger partial charge >= 0.3 is 21.7 Å². The van der Waals surface area contributed by atoms with Crippen molar-refractivity contribution in [2.45, 2.75) is 26.9 Å². The summed E-state index contributed by atoms with van der Waals surface area (Å²) >= 11 is 0. The fraction of sp³-hybridized carbons (Fsp3) is 0.167. The topological polar surface area (TPSA) is 0 Å². The maximum atomic E-state index is 2.20. The van der Waals surface area contributed by atoms with Crippen LogP contribution >= 0.6 is 0 Å². The van der Waals surface area contributed by atoms with Crippen molar-refractivity contribution < 1.29 is 21.7 Å². The van der Waals surface area contributed by atoms with Crippen LogP contribution in [0.2, 0.25) is 13.1 Å². The molecule has 2 radical (unpaired) electrons. The molecule has 0 nitrogen and oxygen atoms in total. The van der Waals surface area contributed by atoms with Crippen molar-refractivity contribution in [2.75, 3.05) is 0 Å². The van der Waals surface area contributed by atoms with Gasteiger partial charge in [0.15, 0.2) is 0 Å². The standard InChI is InChI=1S/2C10H9.C2H6Si.2CH3.Ti/c2*1-8-6-9-4-2-3-5-10(9)7-8;1-3-2;;;/h2*2-7H,1H3;1-2H3;2*1H3;/q2*-1;;2*-1;+4. The molecule has 0 unspecified atom stereocenters. The number of hydrogen-bond acceptors (Lipinski definition) is 0. The first-order valence-electron chi connectivity index (χ1n) is 7.96. The summed E-state index contributed by atoms with van der Waals surface area (Å²) in [6, 6.07) is 25.7. The predicted molar refractivity (Wildman–Crippen MR) is 119 cm³/mol. The molecule has 0 aromatic heterocycles. The van der Waals surface area contributed by atoms with E-state index in [-0.39, 0.29) is 36.6 Å². The van der Waals surface area contributed by atoms with Crippen molar-refractivity contribution >= 4 is 31.1 Å². The van der Waals surface area contributed by atoms with E-state index in [4.69, 9.17) is 0 Å². The molecule has 0 aliphatic carbocycles. The minimum Gasteiger partial charge on any atom is -0.358 e. The van der Waals surface area contributed by atoms with E-state index < -0.39 is 0 Å². The zero-order valence-electron chi connectivity index (χ0n) is 16.9. The summed E-state index contributed by atoms with van der Waals surface area (Å²) in [6.45, 7) is 8.56. The molecule has 4 aromatic carbocycles. The molecule has 0 aliphatic rings. The molecule has 134 valence electrons. The molecular formula is C24H30SiTi. The number of rotatable bonds is 0. The molecule has 0 fully saturated rings. The normalized spacial score (nSPS) is 8.77. The number of fused-ring (bicyclic) bond motifs is 2. The zero-order chi connectivity index (χ0) is 16.7.